The van der Waals surface area contributed by atoms with Crippen LogP contribution in [0.5, 0.6) is 0 Å². The van der Waals surface area contributed by atoms with Crippen molar-refractivity contribution in [2.24, 2.45) is 0 Å². The summed E-state index contributed by atoms with van der Waals surface area (Å²) in [7, 11) is 1.29. The Kier molecular flexibility index (Phi) is 5.32. The molecule has 1 rings (SSSR count). The Labute approximate surface area is 102 Å². The van der Waals surface area contributed by atoms with Crippen molar-refractivity contribution >= 4 is 17.6 Å². The molecule has 0 saturated heterocycles. The summed E-state index contributed by atoms with van der Waals surface area (Å²) in [6.07, 6.45) is 0. The van der Waals surface area contributed by atoms with Gasteiger partial charge >= 0.3 is 0 Å². The van der Waals surface area contributed by atoms with Crippen LogP contribution in [0.15, 0.2) is 0 Å². The summed E-state index contributed by atoms with van der Waals surface area (Å²) >= 11 is 5.76. The summed E-state index contributed by atoms with van der Waals surface area (Å²) in [5, 5.41) is 0.204. The predicted molar refractivity (Wildman–Crippen MR) is 48.9 cm³/mol. The zero-order valence-corrected chi connectivity index (χ0v) is 11.7. The number of ether oxygens (including phenoxy) is 1. The third kappa shape index (κ3) is 2.79. The van der Waals surface area contributed by atoms with Crippen molar-refractivity contribution < 1.29 is 30.6 Å². The first kappa shape index (κ1) is 13.6. The van der Waals surface area contributed by atoms with Gasteiger partial charge in [0.2, 0.25) is 0 Å². The van der Waals surface area contributed by atoms with Crippen molar-refractivity contribution in [3.05, 3.63) is 28.0 Å². The Hall–Kier alpha value is -0.402. The second-order valence-corrected chi connectivity index (χ2v) is 2.98. The number of carbonyl (C=O) groups excluding carboxylic acids is 1. The van der Waals surface area contributed by atoms with Gasteiger partial charge in [0.15, 0.2) is 0 Å². The van der Waals surface area contributed by atoms with Gasteiger partial charge in [-0.2, -0.15) is 6.07 Å². The van der Waals surface area contributed by atoms with Crippen LogP contribution < -0.4 is 0 Å². The van der Waals surface area contributed by atoms with Crippen molar-refractivity contribution in [1.82, 2.24) is 4.98 Å². The molecule has 1 aromatic heterocycles. The van der Waals surface area contributed by atoms with Crippen LogP contribution in [0.1, 0.15) is 21.7 Å². The molecule has 0 aliphatic rings. The largest absolute Gasteiger partial charge is 0.473 e. The Morgan fingerprint density at radius 1 is 1.50 bits per heavy atom. The third-order valence-corrected chi connectivity index (χ3v) is 1.98. The Balaban J connectivity index is 0.00000169. The van der Waals surface area contributed by atoms with E-state index in [-0.39, 0.29) is 31.8 Å². The number of carbonyl (C=O) groups is 1. The molecule has 0 radical (unpaired) electrons. The Morgan fingerprint density at radius 2 is 2.07 bits per heavy atom. The number of methoxy groups -OCH3 is 1. The van der Waals surface area contributed by atoms with Crippen LogP contribution in [0.3, 0.4) is 0 Å². The number of nitrogens with zero attached hydrogens (tertiary/aromatic N) is 1. The minimum Gasteiger partial charge on any atom is -0.473 e. The second kappa shape index (κ2) is 5.47. The van der Waals surface area contributed by atoms with Crippen LogP contribution in [0.2, 0.25) is 5.02 Å². The summed E-state index contributed by atoms with van der Waals surface area (Å²) in [6.45, 7) is 3.61. The standard InChI is InChI=1S/C9H9ClNO2.W/c1-5-4-7(10)8(9(12)13-3)11-6(5)2;/h1-3H3;/q-1;. The molecule has 76 valence electrons. The molecule has 0 fully saturated rings. The van der Waals surface area contributed by atoms with Crippen LogP contribution in [0, 0.1) is 19.9 Å². The number of aromatic nitrogens is 1. The van der Waals surface area contributed by atoms with E-state index >= 15 is 0 Å². The van der Waals surface area contributed by atoms with E-state index in [1.54, 1.807) is 6.92 Å². The quantitative estimate of drug-likeness (QED) is 0.550. The zero-order valence-electron chi connectivity index (χ0n) is 8.05. The molecule has 14 heavy (non-hydrogen) atoms. The summed E-state index contributed by atoms with van der Waals surface area (Å²) < 4.78 is 4.51. The molecule has 0 unspecified atom stereocenters. The molecule has 0 aliphatic heterocycles. The fourth-order valence-electron chi connectivity index (χ4n) is 0.847. The van der Waals surface area contributed by atoms with Crippen molar-refractivity contribution in [1.29, 1.82) is 0 Å². The number of esters is 1. The maximum Gasteiger partial charge on any atom is 0.300 e. The number of rotatable bonds is 1. The van der Waals surface area contributed by atoms with Crippen LogP contribution in [-0.4, -0.2) is 18.1 Å². The molecular weight excluding hydrogens is 373 g/mol. The van der Waals surface area contributed by atoms with Crippen molar-refractivity contribution in [3.8, 4) is 0 Å². The molecule has 0 spiro atoms. The molecule has 0 N–H and O–H groups in total. The fraction of sp³-hybridized carbons (Fsp3) is 0.333. The monoisotopic (exact) mass is 382 g/mol. The average molecular weight is 382 g/mol. The molecule has 0 aromatic carbocycles. The molecule has 3 nitrogen and oxygen atoms in total. The number of halogens is 1. The van der Waals surface area contributed by atoms with Gasteiger partial charge in [-0.05, 0) is 5.02 Å². The first-order valence-corrected chi connectivity index (χ1v) is 4.08. The van der Waals surface area contributed by atoms with E-state index in [0.29, 0.717) is 0 Å². The molecule has 0 saturated carbocycles. The molecule has 0 amide bonds. The van der Waals surface area contributed by atoms with Gasteiger partial charge in [0, 0.05) is 21.1 Å². The van der Waals surface area contributed by atoms with E-state index in [4.69, 9.17) is 11.6 Å². The molecule has 5 heteroatoms. The molecule has 1 aromatic rings. The molecular formula is C9H9ClNO2W-. The van der Waals surface area contributed by atoms with Crippen LogP contribution >= 0.6 is 11.6 Å². The van der Waals surface area contributed by atoms with Crippen molar-refractivity contribution in [3.63, 3.8) is 0 Å². The van der Waals surface area contributed by atoms with Crippen molar-refractivity contribution in [2.75, 3.05) is 7.11 Å². The van der Waals surface area contributed by atoms with Crippen LogP contribution in [0.25, 0.3) is 0 Å². The third-order valence-electron chi connectivity index (χ3n) is 1.71. The topological polar surface area (TPSA) is 39.2 Å². The zero-order chi connectivity index (χ0) is 10.0. The molecule has 1 heterocycles. The SMILES string of the molecule is COC(=O)c1nc(C)c(C)[c-]c1Cl.[W]. The molecule has 0 aliphatic carbocycles. The summed E-state index contributed by atoms with van der Waals surface area (Å²) in [5.74, 6) is -0.538. The van der Waals surface area contributed by atoms with E-state index in [0.717, 1.165) is 11.3 Å². The van der Waals surface area contributed by atoms with Gasteiger partial charge in [0.1, 0.15) is 0 Å². The fourth-order valence-corrected chi connectivity index (χ4v) is 1.11. The van der Waals surface area contributed by atoms with Gasteiger partial charge in [0.05, 0.1) is 12.8 Å². The van der Waals surface area contributed by atoms with Gasteiger partial charge < -0.3 is 9.72 Å². The van der Waals surface area contributed by atoms with E-state index in [1.165, 1.54) is 7.11 Å². The summed E-state index contributed by atoms with van der Waals surface area (Å²) in [5.41, 5.74) is 1.68. The van der Waals surface area contributed by atoms with E-state index in [1.807, 2.05) is 6.92 Å². The van der Waals surface area contributed by atoms with Gasteiger partial charge in [-0.1, -0.05) is 19.5 Å². The first-order valence-electron chi connectivity index (χ1n) is 3.70. The first-order chi connectivity index (χ1) is 6.06. The smallest absolute Gasteiger partial charge is 0.300 e. The van der Waals surface area contributed by atoms with Crippen LogP contribution in [0.4, 0.5) is 0 Å². The van der Waals surface area contributed by atoms with Gasteiger partial charge in [-0.25, -0.2) is 0 Å². The van der Waals surface area contributed by atoms with E-state index in [2.05, 4.69) is 15.8 Å². The minimum absolute atomic E-state index is 0. The molecule has 0 bridgehead atoms. The van der Waals surface area contributed by atoms with Crippen molar-refractivity contribution in [2.45, 2.75) is 13.8 Å². The predicted octanol–water partition coefficient (Wildman–Crippen LogP) is 1.94. The Morgan fingerprint density at radius 3 is 2.57 bits per heavy atom. The number of pyridine rings is 1. The average Bonchev–Trinajstić information content (AvgIpc) is 2.10. The van der Waals surface area contributed by atoms with E-state index in [9.17, 15) is 4.79 Å². The number of hydrogen-bond donors (Lipinski definition) is 0. The van der Waals surface area contributed by atoms with Gasteiger partial charge in [-0.3, -0.25) is 4.79 Å². The van der Waals surface area contributed by atoms with Crippen LogP contribution in [-0.2, 0) is 25.8 Å². The van der Waals surface area contributed by atoms with Gasteiger partial charge in [-0.15, -0.1) is 17.2 Å². The summed E-state index contributed by atoms with van der Waals surface area (Å²) in [6, 6.07) is 2.82. The Bertz CT molecular complexity index is 355. The van der Waals surface area contributed by atoms with E-state index < -0.39 is 5.97 Å². The second-order valence-electron chi connectivity index (χ2n) is 2.60. The summed E-state index contributed by atoms with van der Waals surface area (Å²) in [4.78, 5) is 15.1. The van der Waals surface area contributed by atoms with Gasteiger partial charge in [0.25, 0.3) is 5.97 Å². The minimum atomic E-state index is -0.538. The number of aryl methyl sites for hydroxylation is 2. The maximum atomic E-state index is 11.1. The number of hydrogen-bond acceptors (Lipinski definition) is 3. The normalized spacial score (nSPS) is 9.14. The molecule has 0 atom stereocenters. The maximum absolute atomic E-state index is 11.1.